The monoisotopic (exact) mass is 487 g/mol. The SMILES string of the molecule is CN(C)c1cccc2c(S(=O)(=O)N3CCN(c4ncc(C=CC(=O)NO)s4)CC3)cccc12. The molecule has 0 atom stereocenters. The molecule has 174 valence electrons. The van der Waals surface area contributed by atoms with Gasteiger partial charge in [0.1, 0.15) is 0 Å². The van der Waals surface area contributed by atoms with Crippen molar-refractivity contribution in [3.63, 3.8) is 0 Å². The predicted molar refractivity (Wildman–Crippen MR) is 130 cm³/mol. The fraction of sp³-hybridized carbons (Fsp3) is 0.273. The zero-order valence-corrected chi connectivity index (χ0v) is 19.9. The molecule has 0 radical (unpaired) electrons. The fourth-order valence-corrected chi connectivity index (χ4v) is 6.33. The predicted octanol–water partition coefficient (Wildman–Crippen LogP) is 2.39. The number of anilines is 2. The molecule has 2 heterocycles. The lowest BCUT2D eigenvalue weighted by Crippen LogP contribution is -2.48. The first-order valence-corrected chi connectivity index (χ1v) is 12.6. The number of benzene rings is 2. The second-order valence-corrected chi connectivity index (χ2v) is 10.7. The third kappa shape index (κ3) is 4.71. The van der Waals surface area contributed by atoms with E-state index in [-0.39, 0.29) is 0 Å². The van der Waals surface area contributed by atoms with Crippen molar-refractivity contribution < 1.29 is 18.4 Å². The number of carbonyl (C=O) groups is 1. The van der Waals surface area contributed by atoms with Crippen LogP contribution in [-0.2, 0) is 14.8 Å². The Kier molecular flexibility index (Phi) is 6.66. The molecular weight excluding hydrogens is 462 g/mol. The average Bonchev–Trinajstić information content (AvgIpc) is 3.30. The Hall–Kier alpha value is -2.99. The second kappa shape index (κ2) is 9.48. The highest BCUT2D eigenvalue weighted by molar-refractivity contribution is 7.89. The molecule has 1 aromatic heterocycles. The van der Waals surface area contributed by atoms with Crippen molar-refractivity contribution in [2.45, 2.75) is 4.90 Å². The standard InChI is InChI=1S/C22H25N5O4S2/c1-25(2)19-7-3-6-18-17(19)5-4-8-20(18)33(30,31)27-13-11-26(12-14-27)22-23-15-16(32-22)9-10-21(28)24-29/h3-10,15,29H,11-14H2,1-2H3,(H,24,28). The van der Waals surface area contributed by atoms with Crippen LogP contribution >= 0.6 is 11.3 Å². The molecule has 1 fully saturated rings. The summed E-state index contributed by atoms with van der Waals surface area (Å²) in [5.74, 6) is -0.616. The summed E-state index contributed by atoms with van der Waals surface area (Å²) in [5.41, 5.74) is 2.51. The molecule has 1 aliphatic heterocycles. The highest BCUT2D eigenvalue weighted by Gasteiger charge is 2.30. The molecule has 11 heteroatoms. The van der Waals surface area contributed by atoms with Gasteiger partial charge in [0, 0.05) is 73.9 Å². The summed E-state index contributed by atoms with van der Waals surface area (Å²) in [6.07, 6.45) is 4.42. The summed E-state index contributed by atoms with van der Waals surface area (Å²) in [5, 5.41) is 10.9. The highest BCUT2D eigenvalue weighted by Crippen LogP contribution is 2.32. The highest BCUT2D eigenvalue weighted by atomic mass is 32.2. The molecule has 0 unspecified atom stereocenters. The quantitative estimate of drug-likeness (QED) is 0.312. The van der Waals surface area contributed by atoms with Crippen LogP contribution in [0.4, 0.5) is 10.8 Å². The molecule has 4 rings (SSSR count). The van der Waals surface area contributed by atoms with E-state index in [2.05, 4.69) is 4.98 Å². The third-order valence-corrected chi connectivity index (χ3v) is 8.47. The van der Waals surface area contributed by atoms with Crippen LogP contribution in [0.15, 0.2) is 53.6 Å². The van der Waals surface area contributed by atoms with E-state index >= 15 is 0 Å². The number of carbonyl (C=O) groups excluding carboxylic acids is 1. The van der Waals surface area contributed by atoms with Crippen LogP contribution in [0.2, 0.25) is 0 Å². The van der Waals surface area contributed by atoms with E-state index in [1.54, 1.807) is 29.9 Å². The lowest BCUT2D eigenvalue weighted by molar-refractivity contribution is -0.124. The molecule has 1 aliphatic rings. The topological polar surface area (TPSA) is 106 Å². The molecular formula is C22H25N5O4S2. The van der Waals surface area contributed by atoms with Gasteiger partial charge in [-0.25, -0.2) is 18.9 Å². The zero-order chi connectivity index (χ0) is 23.6. The molecule has 2 N–H and O–H groups in total. The Bertz CT molecular complexity index is 1300. The molecule has 0 spiro atoms. The van der Waals surface area contributed by atoms with E-state index in [4.69, 9.17) is 5.21 Å². The van der Waals surface area contributed by atoms with E-state index in [0.717, 1.165) is 26.5 Å². The number of piperazine rings is 1. The van der Waals surface area contributed by atoms with Gasteiger partial charge in [0.05, 0.1) is 4.90 Å². The van der Waals surface area contributed by atoms with E-state index in [1.165, 1.54) is 21.7 Å². The Morgan fingerprint density at radius 2 is 1.82 bits per heavy atom. The van der Waals surface area contributed by atoms with Crippen molar-refractivity contribution in [1.82, 2.24) is 14.8 Å². The van der Waals surface area contributed by atoms with Gasteiger partial charge in [-0.2, -0.15) is 4.31 Å². The van der Waals surface area contributed by atoms with E-state index in [0.29, 0.717) is 31.1 Å². The lowest BCUT2D eigenvalue weighted by Gasteiger charge is -2.34. The van der Waals surface area contributed by atoms with Crippen molar-refractivity contribution in [2.75, 3.05) is 50.1 Å². The summed E-state index contributed by atoms with van der Waals surface area (Å²) < 4.78 is 28.6. The molecule has 9 nitrogen and oxygen atoms in total. The maximum absolute atomic E-state index is 13.5. The van der Waals surface area contributed by atoms with Gasteiger partial charge in [-0.15, -0.1) is 0 Å². The molecule has 0 bridgehead atoms. The number of sulfonamides is 1. The Morgan fingerprint density at radius 1 is 1.12 bits per heavy atom. The zero-order valence-electron chi connectivity index (χ0n) is 18.3. The second-order valence-electron chi connectivity index (χ2n) is 7.77. The van der Waals surface area contributed by atoms with E-state index in [9.17, 15) is 13.2 Å². The van der Waals surface area contributed by atoms with Crippen molar-refractivity contribution >= 4 is 54.9 Å². The van der Waals surface area contributed by atoms with Crippen LogP contribution in [0.3, 0.4) is 0 Å². The van der Waals surface area contributed by atoms with Gasteiger partial charge in [-0.1, -0.05) is 35.6 Å². The molecule has 2 aromatic carbocycles. The molecule has 0 aliphatic carbocycles. The maximum atomic E-state index is 13.5. The summed E-state index contributed by atoms with van der Waals surface area (Å²) in [7, 11) is 0.221. The maximum Gasteiger partial charge on any atom is 0.267 e. The van der Waals surface area contributed by atoms with Crippen LogP contribution in [0.1, 0.15) is 4.88 Å². The molecule has 0 saturated carbocycles. The lowest BCUT2D eigenvalue weighted by atomic mass is 10.1. The molecule has 1 saturated heterocycles. The van der Waals surface area contributed by atoms with Gasteiger partial charge in [0.15, 0.2) is 5.13 Å². The van der Waals surface area contributed by atoms with Crippen molar-refractivity contribution in [3.8, 4) is 0 Å². The van der Waals surface area contributed by atoms with E-state index < -0.39 is 15.9 Å². The van der Waals surface area contributed by atoms with Gasteiger partial charge < -0.3 is 9.80 Å². The minimum atomic E-state index is -3.66. The first-order valence-electron chi connectivity index (χ1n) is 10.3. The van der Waals surface area contributed by atoms with Crippen molar-refractivity contribution in [3.05, 3.63) is 53.5 Å². The fourth-order valence-electron chi connectivity index (χ4n) is 3.83. The third-order valence-electron chi connectivity index (χ3n) is 5.49. The number of hydrogen-bond acceptors (Lipinski definition) is 8. The first-order chi connectivity index (χ1) is 15.8. The van der Waals surface area contributed by atoms with Crippen LogP contribution < -0.4 is 15.3 Å². The Labute approximate surface area is 196 Å². The normalized spacial score (nSPS) is 15.3. The first kappa shape index (κ1) is 23.2. The number of nitrogens with one attached hydrogen (secondary N) is 1. The number of hydroxylamine groups is 1. The molecule has 33 heavy (non-hydrogen) atoms. The smallest absolute Gasteiger partial charge is 0.267 e. The van der Waals surface area contributed by atoms with Crippen molar-refractivity contribution in [2.24, 2.45) is 0 Å². The number of aromatic nitrogens is 1. The van der Waals surface area contributed by atoms with Crippen LogP contribution in [0.25, 0.3) is 16.8 Å². The number of hydrogen-bond donors (Lipinski definition) is 2. The average molecular weight is 488 g/mol. The minimum Gasteiger partial charge on any atom is -0.377 e. The molecule has 3 aromatic rings. The van der Waals surface area contributed by atoms with Gasteiger partial charge >= 0.3 is 0 Å². The van der Waals surface area contributed by atoms with E-state index in [1.807, 2.05) is 48.2 Å². The number of rotatable bonds is 6. The summed E-state index contributed by atoms with van der Waals surface area (Å²) in [4.78, 5) is 20.6. The molecule has 1 amide bonds. The minimum absolute atomic E-state index is 0.320. The van der Waals surface area contributed by atoms with Crippen LogP contribution in [-0.4, -0.2) is 69.1 Å². The Balaban J connectivity index is 1.51. The van der Waals surface area contributed by atoms with Crippen molar-refractivity contribution in [1.29, 1.82) is 0 Å². The number of nitrogens with zero attached hydrogens (tertiary/aromatic N) is 4. The number of thiazole rings is 1. The number of fused-ring (bicyclic) bond motifs is 1. The summed E-state index contributed by atoms with van der Waals surface area (Å²) >= 11 is 1.40. The van der Waals surface area contributed by atoms with Gasteiger partial charge in [-0.05, 0) is 18.2 Å². The Morgan fingerprint density at radius 3 is 2.52 bits per heavy atom. The number of amides is 1. The van der Waals surface area contributed by atoms with Crippen LogP contribution in [0, 0.1) is 0 Å². The van der Waals surface area contributed by atoms with Gasteiger partial charge in [-0.3, -0.25) is 10.0 Å². The largest absolute Gasteiger partial charge is 0.377 e. The van der Waals surface area contributed by atoms with Gasteiger partial charge in [0.2, 0.25) is 10.0 Å². The summed E-state index contributed by atoms with van der Waals surface area (Å²) in [6, 6.07) is 11.1. The van der Waals surface area contributed by atoms with Crippen LogP contribution in [0.5, 0.6) is 0 Å². The summed E-state index contributed by atoms with van der Waals surface area (Å²) in [6.45, 7) is 1.73. The van der Waals surface area contributed by atoms with Gasteiger partial charge in [0.25, 0.3) is 5.91 Å².